The van der Waals surface area contributed by atoms with Crippen molar-refractivity contribution >= 4 is 22.5 Å². The Morgan fingerprint density at radius 1 is 1.10 bits per heavy atom. The first kappa shape index (κ1) is 13.2. The van der Waals surface area contributed by atoms with Crippen molar-refractivity contribution in [1.29, 1.82) is 0 Å². The summed E-state index contributed by atoms with van der Waals surface area (Å²) in [7, 11) is 3.35. The number of methoxy groups -OCH3 is 1. The van der Waals surface area contributed by atoms with Crippen molar-refractivity contribution < 1.29 is 9.53 Å². The fourth-order valence-corrected chi connectivity index (χ4v) is 2.46. The average Bonchev–Trinajstić information content (AvgIpc) is 3.02. The van der Waals surface area contributed by atoms with Gasteiger partial charge >= 0.3 is 0 Å². The first-order chi connectivity index (χ1) is 10.2. The maximum atomic E-state index is 12.8. The number of aromatic amines is 1. The van der Waals surface area contributed by atoms with Crippen LogP contribution in [0.2, 0.25) is 0 Å². The van der Waals surface area contributed by atoms with Crippen molar-refractivity contribution in [2.45, 2.75) is 0 Å². The molecule has 4 nitrogen and oxygen atoms in total. The number of ether oxygens (including phenoxy) is 1. The Kier molecular flexibility index (Phi) is 3.36. The second-order valence-corrected chi connectivity index (χ2v) is 4.78. The molecule has 0 saturated heterocycles. The highest BCUT2D eigenvalue weighted by Gasteiger charge is 2.19. The van der Waals surface area contributed by atoms with Gasteiger partial charge in [-0.3, -0.25) is 4.79 Å². The molecule has 0 bridgehead atoms. The summed E-state index contributed by atoms with van der Waals surface area (Å²) < 4.78 is 5.32. The van der Waals surface area contributed by atoms with E-state index in [1.54, 1.807) is 19.1 Å². The summed E-state index contributed by atoms with van der Waals surface area (Å²) >= 11 is 0. The Morgan fingerprint density at radius 3 is 2.71 bits per heavy atom. The van der Waals surface area contributed by atoms with Crippen molar-refractivity contribution in [2.75, 3.05) is 19.1 Å². The van der Waals surface area contributed by atoms with Crippen molar-refractivity contribution in [3.05, 3.63) is 60.3 Å². The highest BCUT2D eigenvalue weighted by atomic mass is 16.5. The van der Waals surface area contributed by atoms with E-state index in [4.69, 9.17) is 4.74 Å². The van der Waals surface area contributed by atoms with Gasteiger partial charge in [-0.1, -0.05) is 24.3 Å². The molecule has 3 aromatic rings. The molecule has 0 unspecified atom stereocenters. The molecule has 1 amide bonds. The summed E-state index contributed by atoms with van der Waals surface area (Å²) in [5.74, 6) is 0.597. The van der Waals surface area contributed by atoms with Gasteiger partial charge < -0.3 is 14.6 Å². The predicted molar refractivity (Wildman–Crippen MR) is 84.0 cm³/mol. The smallest absolute Gasteiger partial charge is 0.260 e. The maximum Gasteiger partial charge on any atom is 0.260 e. The van der Waals surface area contributed by atoms with Crippen LogP contribution in [-0.2, 0) is 0 Å². The molecule has 0 radical (unpaired) electrons. The highest BCUT2D eigenvalue weighted by molar-refractivity contribution is 6.13. The number of aromatic nitrogens is 1. The molecule has 0 atom stereocenters. The SMILES string of the molecule is COc1ccccc1N(C)C(=O)c1cccc2cc[nH]c12. The van der Waals surface area contributed by atoms with Gasteiger partial charge in [0.15, 0.2) is 0 Å². The Morgan fingerprint density at radius 2 is 1.90 bits per heavy atom. The largest absolute Gasteiger partial charge is 0.495 e. The number of fused-ring (bicyclic) bond motifs is 1. The van der Waals surface area contributed by atoms with Crippen LogP contribution >= 0.6 is 0 Å². The molecule has 106 valence electrons. The minimum absolute atomic E-state index is 0.0763. The molecule has 1 N–H and O–H groups in total. The van der Waals surface area contributed by atoms with Crippen molar-refractivity contribution in [2.24, 2.45) is 0 Å². The van der Waals surface area contributed by atoms with Gasteiger partial charge in [0.1, 0.15) is 5.75 Å². The Bertz CT molecular complexity index is 792. The van der Waals surface area contributed by atoms with Gasteiger partial charge in [0, 0.05) is 18.6 Å². The zero-order valence-corrected chi connectivity index (χ0v) is 12.0. The topological polar surface area (TPSA) is 45.3 Å². The van der Waals surface area contributed by atoms with Crippen molar-refractivity contribution in [3.8, 4) is 5.75 Å². The molecule has 0 aliphatic carbocycles. The van der Waals surface area contributed by atoms with E-state index < -0.39 is 0 Å². The lowest BCUT2D eigenvalue weighted by molar-refractivity contribution is 0.0994. The lowest BCUT2D eigenvalue weighted by atomic mass is 10.1. The van der Waals surface area contributed by atoms with E-state index in [0.29, 0.717) is 11.3 Å². The summed E-state index contributed by atoms with van der Waals surface area (Å²) in [5.41, 5.74) is 2.24. The summed E-state index contributed by atoms with van der Waals surface area (Å²) in [5, 5.41) is 1.02. The number of nitrogens with one attached hydrogen (secondary N) is 1. The molecule has 0 saturated carbocycles. The van der Waals surface area contributed by atoms with E-state index in [1.165, 1.54) is 0 Å². The molecule has 1 aromatic heterocycles. The highest BCUT2D eigenvalue weighted by Crippen LogP contribution is 2.28. The average molecular weight is 280 g/mol. The number of anilines is 1. The van der Waals surface area contributed by atoms with Gasteiger partial charge in [-0.2, -0.15) is 0 Å². The van der Waals surface area contributed by atoms with Gasteiger partial charge in [-0.15, -0.1) is 0 Å². The van der Waals surface area contributed by atoms with Crippen LogP contribution in [0.3, 0.4) is 0 Å². The molecule has 0 aliphatic rings. The molecule has 4 heteroatoms. The third-order valence-corrected chi connectivity index (χ3v) is 3.57. The molecule has 0 fully saturated rings. The van der Waals surface area contributed by atoms with Gasteiger partial charge in [0.2, 0.25) is 0 Å². The van der Waals surface area contributed by atoms with Crippen molar-refractivity contribution in [3.63, 3.8) is 0 Å². The predicted octanol–water partition coefficient (Wildman–Crippen LogP) is 3.45. The molecule has 3 rings (SSSR count). The van der Waals surface area contributed by atoms with Gasteiger partial charge in [0.25, 0.3) is 5.91 Å². The van der Waals surface area contributed by atoms with E-state index in [2.05, 4.69) is 4.98 Å². The zero-order valence-electron chi connectivity index (χ0n) is 12.0. The van der Waals surface area contributed by atoms with E-state index in [-0.39, 0.29) is 5.91 Å². The van der Waals surface area contributed by atoms with Crippen LogP contribution in [0, 0.1) is 0 Å². The number of para-hydroxylation sites is 3. The molecular weight excluding hydrogens is 264 g/mol. The van der Waals surface area contributed by atoms with Crippen LogP contribution in [0.4, 0.5) is 5.69 Å². The monoisotopic (exact) mass is 280 g/mol. The fourth-order valence-electron chi connectivity index (χ4n) is 2.46. The van der Waals surface area contributed by atoms with Gasteiger partial charge in [-0.25, -0.2) is 0 Å². The standard InChI is InChI=1S/C17H16N2O2/c1-19(14-8-3-4-9-15(14)21-2)17(20)13-7-5-6-12-10-11-18-16(12)13/h3-11,18H,1-2H3. The van der Waals surface area contributed by atoms with Gasteiger partial charge in [-0.05, 0) is 24.3 Å². The normalized spacial score (nSPS) is 10.6. The van der Waals surface area contributed by atoms with Crippen LogP contribution in [0.5, 0.6) is 5.75 Å². The van der Waals surface area contributed by atoms with Crippen molar-refractivity contribution in [1.82, 2.24) is 4.98 Å². The number of amides is 1. The number of benzene rings is 2. The lowest BCUT2D eigenvalue weighted by Gasteiger charge is -2.20. The number of carbonyl (C=O) groups excluding carboxylic acids is 1. The molecule has 2 aromatic carbocycles. The van der Waals surface area contributed by atoms with Crippen LogP contribution in [0.15, 0.2) is 54.7 Å². The maximum absolute atomic E-state index is 12.8. The van der Waals surface area contributed by atoms with E-state index in [0.717, 1.165) is 16.6 Å². The quantitative estimate of drug-likeness (QED) is 0.798. The summed E-state index contributed by atoms with van der Waals surface area (Å²) in [6.07, 6.45) is 1.84. The van der Waals surface area contributed by atoms with E-state index >= 15 is 0 Å². The first-order valence-corrected chi connectivity index (χ1v) is 6.69. The van der Waals surface area contributed by atoms with Gasteiger partial charge in [0.05, 0.1) is 23.9 Å². The van der Waals surface area contributed by atoms with E-state index in [9.17, 15) is 4.79 Å². The second kappa shape index (κ2) is 5.32. The molecule has 21 heavy (non-hydrogen) atoms. The minimum atomic E-state index is -0.0763. The Balaban J connectivity index is 2.03. The molecule has 1 heterocycles. The summed E-state index contributed by atoms with van der Waals surface area (Å²) in [4.78, 5) is 17.5. The van der Waals surface area contributed by atoms with Crippen LogP contribution < -0.4 is 9.64 Å². The van der Waals surface area contributed by atoms with Crippen LogP contribution in [0.25, 0.3) is 10.9 Å². The molecular formula is C17H16N2O2. The van der Waals surface area contributed by atoms with Crippen LogP contribution in [0.1, 0.15) is 10.4 Å². The number of nitrogens with zero attached hydrogens (tertiary/aromatic N) is 1. The summed E-state index contributed by atoms with van der Waals surface area (Å²) in [6, 6.07) is 15.1. The van der Waals surface area contributed by atoms with Crippen LogP contribution in [-0.4, -0.2) is 25.0 Å². The molecule has 0 aliphatic heterocycles. The number of carbonyl (C=O) groups is 1. The number of rotatable bonds is 3. The number of hydrogen-bond acceptors (Lipinski definition) is 2. The number of H-pyrrole nitrogens is 1. The number of hydrogen-bond donors (Lipinski definition) is 1. The Hall–Kier alpha value is -2.75. The molecule has 0 spiro atoms. The zero-order chi connectivity index (χ0) is 14.8. The minimum Gasteiger partial charge on any atom is -0.495 e. The van der Waals surface area contributed by atoms with E-state index in [1.807, 2.05) is 54.7 Å². The first-order valence-electron chi connectivity index (χ1n) is 6.69. The lowest BCUT2D eigenvalue weighted by Crippen LogP contribution is -2.26. The third-order valence-electron chi connectivity index (χ3n) is 3.57. The third kappa shape index (κ3) is 2.25. The summed E-state index contributed by atoms with van der Waals surface area (Å²) in [6.45, 7) is 0. The second-order valence-electron chi connectivity index (χ2n) is 4.78. The fraction of sp³-hybridized carbons (Fsp3) is 0.118. The Labute approximate surface area is 123 Å².